The summed E-state index contributed by atoms with van der Waals surface area (Å²) in [6.45, 7) is -0.570. The average Bonchev–Trinajstić information content (AvgIpc) is 2.34. The summed E-state index contributed by atoms with van der Waals surface area (Å²) in [5, 5.41) is 8.48. The van der Waals surface area contributed by atoms with Gasteiger partial charge in [-0.15, -0.1) is 0 Å². The van der Waals surface area contributed by atoms with Gasteiger partial charge >= 0.3 is 5.97 Å². The Kier molecular flexibility index (Phi) is 4.47. The number of Topliss-reactive ketones (excluding diaryl/α,β-unsaturated/α-hetero) is 1. The maximum Gasteiger partial charge on any atom is 0.341 e. The van der Waals surface area contributed by atoms with Crippen LogP contribution in [0.5, 0.6) is 11.5 Å². The lowest BCUT2D eigenvalue weighted by Crippen LogP contribution is -2.14. The van der Waals surface area contributed by atoms with E-state index in [0.29, 0.717) is 11.3 Å². The van der Waals surface area contributed by atoms with Crippen molar-refractivity contribution in [3.63, 3.8) is 0 Å². The lowest BCUT2D eigenvalue weighted by Gasteiger charge is -2.10. The van der Waals surface area contributed by atoms with Gasteiger partial charge in [0, 0.05) is 5.56 Å². The van der Waals surface area contributed by atoms with Gasteiger partial charge in [0.25, 0.3) is 0 Å². The highest BCUT2D eigenvalue weighted by molar-refractivity contribution is 5.98. The zero-order valence-electron chi connectivity index (χ0n) is 9.30. The molecule has 0 fully saturated rings. The number of carboxylic acid groups (broad SMARTS) is 1. The Morgan fingerprint density at radius 2 is 2.06 bits per heavy atom. The van der Waals surface area contributed by atoms with Crippen molar-refractivity contribution in [3.8, 4) is 11.5 Å². The lowest BCUT2D eigenvalue weighted by molar-refractivity contribution is -0.139. The third-order valence-electron chi connectivity index (χ3n) is 2.02. The zero-order chi connectivity index (χ0) is 12.8. The summed E-state index contributed by atoms with van der Waals surface area (Å²) < 4.78 is 9.99. The second kappa shape index (κ2) is 5.86. The fraction of sp³-hybridized carbons (Fsp3) is 0.273. The van der Waals surface area contributed by atoms with Crippen LogP contribution in [0.4, 0.5) is 0 Å². The molecule has 1 rings (SSSR count). The van der Waals surface area contributed by atoms with Crippen molar-refractivity contribution >= 4 is 11.8 Å². The highest BCUT2D eigenvalue weighted by Gasteiger charge is 2.10. The average molecular weight is 239 g/mol. The highest BCUT2D eigenvalue weighted by Crippen LogP contribution is 2.28. The number of nitrogens with two attached hydrogens (primary N) is 1. The second-order valence-electron chi connectivity index (χ2n) is 3.18. The summed E-state index contributed by atoms with van der Waals surface area (Å²) >= 11 is 0. The number of carbonyl (C=O) groups excluding carboxylic acids is 1. The number of aliphatic carboxylic acids is 1. The second-order valence-corrected chi connectivity index (χ2v) is 3.18. The van der Waals surface area contributed by atoms with E-state index in [1.807, 2.05) is 0 Å². The number of carbonyl (C=O) groups is 2. The van der Waals surface area contributed by atoms with Gasteiger partial charge in [-0.2, -0.15) is 0 Å². The molecule has 1 aromatic rings. The van der Waals surface area contributed by atoms with Crippen LogP contribution in [-0.2, 0) is 4.79 Å². The van der Waals surface area contributed by atoms with Crippen LogP contribution in [-0.4, -0.2) is 37.1 Å². The Bertz CT molecular complexity index is 430. The van der Waals surface area contributed by atoms with Gasteiger partial charge in [-0.3, -0.25) is 4.79 Å². The minimum Gasteiger partial charge on any atom is -0.493 e. The third-order valence-corrected chi connectivity index (χ3v) is 2.02. The number of benzene rings is 1. The normalized spacial score (nSPS) is 9.76. The Hall–Kier alpha value is -2.08. The van der Waals surface area contributed by atoms with Gasteiger partial charge in [0.2, 0.25) is 0 Å². The van der Waals surface area contributed by atoms with Crippen molar-refractivity contribution in [1.29, 1.82) is 0 Å². The Labute approximate surface area is 97.9 Å². The topological polar surface area (TPSA) is 98.9 Å². The smallest absolute Gasteiger partial charge is 0.341 e. The SMILES string of the molecule is COc1cc(C(=O)CN)ccc1OCC(=O)O. The molecule has 1 aromatic carbocycles. The monoisotopic (exact) mass is 239 g/mol. The zero-order valence-corrected chi connectivity index (χ0v) is 9.30. The summed E-state index contributed by atoms with van der Waals surface area (Å²) in [5.41, 5.74) is 5.63. The summed E-state index contributed by atoms with van der Waals surface area (Å²) in [6, 6.07) is 4.45. The van der Waals surface area contributed by atoms with E-state index in [0.717, 1.165) is 0 Å². The summed E-state index contributed by atoms with van der Waals surface area (Å²) in [4.78, 5) is 21.7. The van der Waals surface area contributed by atoms with Gasteiger partial charge in [-0.05, 0) is 18.2 Å². The number of ketones is 1. The van der Waals surface area contributed by atoms with Crippen LogP contribution in [0.2, 0.25) is 0 Å². The van der Waals surface area contributed by atoms with Gasteiger partial charge in [0.15, 0.2) is 23.9 Å². The van der Waals surface area contributed by atoms with E-state index >= 15 is 0 Å². The Balaban J connectivity index is 2.93. The lowest BCUT2D eigenvalue weighted by atomic mass is 10.1. The molecule has 0 aliphatic carbocycles. The molecule has 0 saturated carbocycles. The van der Waals surface area contributed by atoms with Crippen molar-refractivity contribution in [2.45, 2.75) is 0 Å². The van der Waals surface area contributed by atoms with Gasteiger partial charge in [-0.25, -0.2) is 4.79 Å². The summed E-state index contributed by atoms with van der Waals surface area (Å²) in [6.07, 6.45) is 0. The fourth-order valence-corrected chi connectivity index (χ4v) is 1.22. The first kappa shape index (κ1) is 13.0. The highest BCUT2D eigenvalue weighted by atomic mass is 16.5. The Morgan fingerprint density at radius 3 is 2.59 bits per heavy atom. The predicted octanol–water partition coefficient (Wildman–Crippen LogP) is 0.300. The molecule has 0 saturated heterocycles. The van der Waals surface area contributed by atoms with Gasteiger partial charge < -0.3 is 20.3 Å². The van der Waals surface area contributed by atoms with Gasteiger partial charge in [0.1, 0.15) is 0 Å². The molecule has 3 N–H and O–H groups in total. The van der Waals surface area contributed by atoms with Crippen molar-refractivity contribution < 1.29 is 24.2 Å². The van der Waals surface area contributed by atoms with E-state index in [1.165, 1.54) is 25.3 Å². The van der Waals surface area contributed by atoms with E-state index in [2.05, 4.69) is 0 Å². The molecule has 0 spiro atoms. The number of hydrogen-bond donors (Lipinski definition) is 2. The molecule has 6 nitrogen and oxygen atoms in total. The molecule has 0 atom stereocenters. The van der Waals surface area contributed by atoms with Crippen molar-refractivity contribution in [2.75, 3.05) is 20.3 Å². The molecule has 0 heterocycles. The molecule has 6 heteroatoms. The summed E-state index contributed by atoms with van der Waals surface area (Å²) in [7, 11) is 1.40. The van der Waals surface area contributed by atoms with Crippen LogP contribution >= 0.6 is 0 Å². The van der Waals surface area contributed by atoms with E-state index in [9.17, 15) is 9.59 Å². The molecule has 0 radical (unpaired) electrons. The van der Waals surface area contributed by atoms with Gasteiger partial charge in [0.05, 0.1) is 13.7 Å². The minimum atomic E-state index is -1.09. The molecule has 0 aliphatic rings. The van der Waals surface area contributed by atoms with E-state index < -0.39 is 12.6 Å². The number of ether oxygens (including phenoxy) is 2. The molecule has 0 aromatic heterocycles. The number of hydrogen-bond acceptors (Lipinski definition) is 5. The maximum atomic E-state index is 11.3. The largest absolute Gasteiger partial charge is 0.493 e. The minimum absolute atomic E-state index is 0.0987. The van der Waals surface area contributed by atoms with Crippen LogP contribution in [0, 0.1) is 0 Å². The first-order valence-electron chi connectivity index (χ1n) is 4.84. The molecule has 92 valence electrons. The molecule has 17 heavy (non-hydrogen) atoms. The first-order valence-corrected chi connectivity index (χ1v) is 4.84. The van der Waals surface area contributed by atoms with E-state index in [1.54, 1.807) is 0 Å². The molecule has 0 unspecified atom stereocenters. The molecular formula is C11H13NO5. The molecule has 0 aliphatic heterocycles. The quantitative estimate of drug-likeness (QED) is 0.693. The van der Waals surface area contributed by atoms with Crippen molar-refractivity contribution in [2.24, 2.45) is 5.73 Å². The van der Waals surface area contributed by atoms with Crippen molar-refractivity contribution in [3.05, 3.63) is 23.8 Å². The van der Waals surface area contributed by atoms with Crippen LogP contribution in [0.1, 0.15) is 10.4 Å². The van der Waals surface area contributed by atoms with E-state index in [-0.39, 0.29) is 18.1 Å². The molecule has 0 amide bonds. The third kappa shape index (κ3) is 3.46. The Morgan fingerprint density at radius 1 is 1.35 bits per heavy atom. The summed E-state index contributed by atoms with van der Waals surface area (Å²) in [5.74, 6) is -0.753. The van der Waals surface area contributed by atoms with Crippen LogP contribution < -0.4 is 15.2 Å². The predicted molar refractivity (Wildman–Crippen MR) is 59.5 cm³/mol. The van der Waals surface area contributed by atoms with Gasteiger partial charge in [-0.1, -0.05) is 0 Å². The van der Waals surface area contributed by atoms with Crippen LogP contribution in [0.25, 0.3) is 0 Å². The van der Waals surface area contributed by atoms with E-state index in [4.69, 9.17) is 20.3 Å². The number of methoxy groups -OCH3 is 1. The molecule has 0 bridgehead atoms. The van der Waals surface area contributed by atoms with Crippen molar-refractivity contribution in [1.82, 2.24) is 0 Å². The number of rotatable bonds is 6. The standard InChI is InChI=1S/C11H13NO5/c1-16-10-4-7(8(13)5-12)2-3-9(10)17-6-11(14)15/h2-4H,5-6,12H2,1H3,(H,14,15). The molecular weight excluding hydrogens is 226 g/mol. The number of carboxylic acids is 1. The van der Waals surface area contributed by atoms with Crippen LogP contribution in [0.3, 0.4) is 0 Å². The maximum absolute atomic E-state index is 11.3. The van der Waals surface area contributed by atoms with Crippen LogP contribution in [0.15, 0.2) is 18.2 Å². The fourth-order valence-electron chi connectivity index (χ4n) is 1.22. The first-order chi connectivity index (χ1) is 8.08.